The molecule has 0 unspecified atom stereocenters. The number of nitrogens with one attached hydrogen (secondary N) is 1. The average Bonchev–Trinajstić information content (AvgIpc) is 3.02. The van der Waals surface area contributed by atoms with Gasteiger partial charge in [0.05, 0.1) is 12.2 Å². The van der Waals surface area contributed by atoms with E-state index in [0.717, 1.165) is 19.4 Å². The van der Waals surface area contributed by atoms with Gasteiger partial charge in [0.2, 0.25) is 0 Å². The fourth-order valence-corrected chi connectivity index (χ4v) is 3.15. The van der Waals surface area contributed by atoms with Crippen molar-refractivity contribution < 1.29 is 4.79 Å². The van der Waals surface area contributed by atoms with E-state index in [2.05, 4.69) is 30.6 Å². The SMILES string of the molecule is CCCn1cc(N)cc1C(=O)NCc1sccc1CC. The van der Waals surface area contributed by atoms with Gasteiger partial charge in [0, 0.05) is 17.6 Å². The minimum Gasteiger partial charge on any atom is -0.397 e. The van der Waals surface area contributed by atoms with E-state index in [-0.39, 0.29) is 5.91 Å². The summed E-state index contributed by atoms with van der Waals surface area (Å²) in [6.45, 7) is 5.59. The van der Waals surface area contributed by atoms with Crippen LogP contribution < -0.4 is 11.1 Å². The van der Waals surface area contributed by atoms with Gasteiger partial charge in [0.25, 0.3) is 5.91 Å². The van der Waals surface area contributed by atoms with Crippen molar-refractivity contribution in [2.24, 2.45) is 0 Å². The van der Waals surface area contributed by atoms with Crippen molar-refractivity contribution in [3.8, 4) is 0 Å². The highest BCUT2D eigenvalue weighted by Crippen LogP contribution is 2.17. The van der Waals surface area contributed by atoms with E-state index in [0.29, 0.717) is 17.9 Å². The first kappa shape index (κ1) is 14.7. The molecule has 0 aromatic carbocycles. The molecule has 0 bridgehead atoms. The monoisotopic (exact) mass is 291 g/mol. The molecule has 3 N–H and O–H groups in total. The van der Waals surface area contributed by atoms with Gasteiger partial charge in [-0.1, -0.05) is 13.8 Å². The Morgan fingerprint density at radius 1 is 1.45 bits per heavy atom. The summed E-state index contributed by atoms with van der Waals surface area (Å²) in [7, 11) is 0. The number of thiophene rings is 1. The van der Waals surface area contributed by atoms with Crippen LogP contribution in [0.15, 0.2) is 23.7 Å². The molecule has 0 atom stereocenters. The Bertz CT molecular complexity index is 586. The second kappa shape index (κ2) is 6.61. The lowest BCUT2D eigenvalue weighted by atomic mass is 10.2. The summed E-state index contributed by atoms with van der Waals surface area (Å²) < 4.78 is 1.92. The molecular weight excluding hydrogens is 270 g/mol. The number of anilines is 1. The van der Waals surface area contributed by atoms with E-state index in [1.165, 1.54) is 10.4 Å². The van der Waals surface area contributed by atoms with E-state index in [1.807, 2.05) is 10.8 Å². The molecule has 2 aromatic rings. The molecule has 0 aliphatic rings. The van der Waals surface area contributed by atoms with Gasteiger partial charge in [-0.05, 0) is 35.9 Å². The summed E-state index contributed by atoms with van der Waals surface area (Å²) in [5, 5.41) is 5.05. The maximum atomic E-state index is 12.3. The molecule has 0 aliphatic heterocycles. The third-order valence-corrected chi connectivity index (χ3v) is 4.21. The van der Waals surface area contributed by atoms with Crippen LogP contribution in [0, 0.1) is 0 Å². The summed E-state index contributed by atoms with van der Waals surface area (Å²) in [6, 6.07) is 3.85. The number of nitrogens with zero attached hydrogens (tertiary/aromatic N) is 1. The number of nitrogens with two attached hydrogens (primary N) is 1. The predicted molar refractivity (Wildman–Crippen MR) is 84.0 cm³/mol. The molecule has 1 amide bonds. The summed E-state index contributed by atoms with van der Waals surface area (Å²) in [5.74, 6) is -0.0643. The topological polar surface area (TPSA) is 60.0 Å². The van der Waals surface area contributed by atoms with Crippen molar-refractivity contribution in [1.29, 1.82) is 0 Å². The van der Waals surface area contributed by atoms with Crippen molar-refractivity contribution in [3.05, 3.63) is 39.8 Å². The van der Waals surface area contributed by atoms with Crippen LogP contribution in [0.25, 0.3) is 0 Å². The molecule has 2 rings (SSSR count). The second-order valence-electron chi connectivity index (χ2n) is 4.76. The molecule has 2 aromatic heterocycles. The lowest BCUT2D eigenvalue weighted by molar-refractivity contribution is 0.0942. The zero-order chi connectivity index (χ0) is 14.5. The second-order valence-corrected chi connectivity index (χ2v) is 5.76. The smallest absolute Gasteiger partial charge is 0.268 e. The molecule has 5 heteroatoms. The Hall–Kier alpha value is -1.75. The number of carbonyl (C=O) groups is 1. The number of aromatic nitrogens is 1. The number of nitrogen functional groups attached to an aromatic ring is 1. The molecule has 0 aliphatic carbocycles. The first-order valence-electron chi connectivity index (χ1n) is 6.94. The summed E-state index contributed by atoms with van der Waals surface area (Å²) in [6.07, 6.45) is 3.79. The fourth-order valence-electron chi connectivity index (χ4n) is 2.24. The van der Waals surface area contributed by atoms with Crippen LogP contribution in [0.1, 0.15) is 41.2 Å². The number of amides is 1. The quantitative estimate of drug-likeness (QED) is 0.859. The zero-order valence-corrected chi connectivity index (χ0v) is 12.8. The maximum Gasteiger partial charge on any atom is 0.268 e. The lowest BCUT2D eigenvalue weighted by Gasteiger charge is -2.08. The summed E-state index contributed by atoms with van der Waals surface area (Å²) in [5.41, 5.74) is 8.36. The number of rotatable bonds is 6. The predicted octanol–water partition coefficient (Wildman–Crippen LogP) is 3.03. The van der Waals surface area contributed by atoms with Gasteiger partial charge in [-0.3, -0.25) is 4.79 Å². The molecule has 0 saturated carbocycles. The van der Waals surface area contributed by atoms with Crippen molar-refractivity contribution >= 4 is 22.9 Å². The van der Waals surface area contributed by atoms with Crippen LogP contribution in [-0.4, -0.2) is 10.5 Å². The van der Waals surface area contributed by atoms with Gasteiger partial charge in [0.1, 0.15) is 5.69 Å². The Morgan fingerprint density at radius 3 is 2.95 bits per heavy atom. The fraction of sp³-hybridized carbons (Fsp3) is 0.400. The van der Waals surface area contributed by atoms with Crippen LogP contribution in [0.5, 0.6) is 0 Å². The number of aryl methyl sites for hydroxylation is 2. The van der Waals surface area contributed by atoms with Crippen LogP contribution in [0.3, 0.4) is 0 Å². The number of carbonyl (C=O) groups excluding carboxylic acids is 1. The Balaban J connectivity index is 2.05. The standard InChI is InChI=1S/C15H21N3OS/c1-3-6-18-10-12(16)8-13(18)15(19)17-9-14-11(4-2)5-7-20-14/h5,7-8,10H,3-4,6,9,16H2,1-2H3,(H,17,19). The van der Waals surface area contributed by atoms with Gasteiger partial charge >= 0.3 is 0 Å². The minimum atomic E-state index is -0.0643. The molecular formula is C15H21N3OS. The third-order valence-electron chi connectivity index (χ3n) is 3.24. The van der Waals surface area contributed by atoms with E-state index >= 15 is 0 Å². The average molecular weight is 291 g/mol. The van der Waals surface area contributed by atoms with E-state index in [1.54, 1.807) is 17.4 Å². The molecule has 108 valence electrons. The molecule has 2 heterocycles. The van der Waals surface area contributed by atoms with Gasteiger partial charge in [-0.15, -0.1) is 11.3 Å². The van der Waals surface area contributed by atoms with Crippen LogP contribution in [0.4, 0.5) is 5.69 Å². The summed E-state index contributed by atoms with van der Waals surface area (Å²) >= 11 is 1.68. The lowest BCUT2D eigenvalue weighted by Crippen LogP contribution is -2.25. The first-order chi connectivity index (χ1) is 9.65. The maximum absolute atomic E-state index is 12.3. The number of hydrogen-bond donors (Lipinski definition) is 2. The largest absolute Gasteiger partial charge is 0.397 e. The molecule has 0 radical (unpaired) electrons. The van der Waals surface area contributed by atoms with Crippen LogP contribution >= 0.6 is 11.3 Å². The highest BCUT2D eigenvalue weighted by Gasteiger charge is 2.13. The highest BCUT2D eigenvalue weighted by atomic mass is 32.1. The molecule has 0 saturated heterocycles. The van der Waals surface area contributed by atoms with Crippen LogP contribution in [-0.2, 0) is 19.5 Å². The normalized spacial score (nSPS) is 10.7. The van der Waals surface area contributed by atoms with E-state index in [4.69, 9.17) is 5.73 Å². The molecule has 0 fully saturated rings. The first-order valence-corrected chi connectivity index (χ1v) is 7.82. The van der Waals surface area contributed by atoms with Gasteiger partial charge in [0.15, 0.2) is 0 Å². The number of hydrogen-bond acceptors (Lipinski definition) is 3. The van der Waals surface area contributed by atoms with Crippen molar-refractivity contribution in [1.82, 2.24) is 9.88 Å². The van der Waals surface area contributed by atoms with Crippen molar-refractivity contribution in [2.75, 3.05) is 5.73 Å². The Kier molecular flexibility index (Phi) is 4.84. The minimum absolute atomic E-state index is 0.0643. The Labute approximate surface area is 123 Å². The molecule has 0 spiro atoms. The highest BCUT2D eigenvalue weighted by molar-refractivity contribution is 7.10. The Morgan fingerprint density at radius 2 is 2.25 bits per heavy atom. The van der Waals surface area contributed by atoms with Crippen LogP contribution in [0.2, 0.25) is 0 Å². The molecule has 4 nitrogen and oxygen atoms in total. The van der Waals surface area contributed by atoms with E-state index in [9.17, 15) is 4.79 Å². The van der Waals surface area contributed by atoms with Crippen molar-refractivity contribution in [2.45, 2.75) is 39.8 Å². The summed E-state index contributed by atoms with van der Waals surface area (Å²) in [4.78, 5) is 13.5. The van der Waals surface area contributed by atoms with Gasteiger partial charge in [-0.2, -0.15) is 0 Å². The van der Waals surface area contributed by atoms with Gasteiger partial charge in [-0.25, -0.2) is 0 Å². The van der Waals surface area contributed by atoms with E-state index < -0.39 is 0 Å². The third kappa shape index (κ3) is 3.22. The van der Waals surface area contributed by atoms with Gasteiger partial charge < -0.3 is 15.6 Å². The molecule has 20 heavy (non-hydrogen) atoms. The zero-order valence-electron chi connectivity index (χ0n) is 12.0. The van der Waals surface area contributed by atoms with Crippen molar-refractivity contribution in [3.63, 3.8) is 0 Å².